The first-order chi connectivity index (χ1) is 9.04. The Morgan fingerprint density at radius 1 is 1.21 bits per heavy atom. The third-order valence-electron chi connectivity index (χ3n) is 2.67. The molecule has 0 unspecified atom stereocenters. The van der Waals surface area contributed by atoms with E-state index in [1.165, 1.54) is 12.1 Å². The molecule has 98 valence electrons. The molecular weight excluding hydrogens is 309 g/mol. The van der Waals surface area contributed by atoms with E-state index in [0.29, 0.717) is 12.1 Å². The SMILES string of the molecule is Cc1cc(Br)cc(C(=O)NCc2ccc(F)cc2)c1. The quantitative estimate of drug-likeness (QED) is 0.914. The minimum Gasteiger partial charge on any atom is -0.348 e. The number of rotatable bonds is 3. The Morgan fingerprint density at radius 2 is 1.89 bits per heavy atom. The lowest BCUT2D eigenvalue weighted by atomic mass is 10.1. The van der Waals surface area contributed by atoms with Crippen LogP contribution in [0.5, 0.6) is 0 Å². The normalized spacial score (nSPS) is 10.3. The van der Waals surface area contributed by atoms with Crippen LogP contribution >= 0.6 is 15.9 Å². The Labute approximate surface area is 119 Å². The average molecular weight is 322 g/mol. The molecule has 19 heavy (non-hydrogen) atoms. The molecule has 0 saturated heterocycles. The van der Waals surface area contributed by atoms with Gasteiger partial charge in [-0.05, 0) is 48.4 Å². The Morgan fingerprint density at radius 3 is 2.53 bits per heavy atom. The summed E-state index contributed by atoms with van der Waals surface area (Å²) in [6, 6.07) is 11.6. The second kappa shape index (κ2) is 5.97. The molecule has 0 fully saturated rings. The summed E-state index contributed by atoms with van der Waals surface area (Å²) in [6.45, 7) is 2.31. The van der Waals surface area contributed by atoms with Crippen molar-refractivity contribution >= 4 is 21.8 Å². The molecule has 1 N–H and O–H groups in total. The zero-order valence-electron chi connectivity index (χ0n) is 10.4. The summed E-state index contributed by atoms with van der Waals surface area (Å²) in [6.07, 6.45) is 0. The predicted molar refractivity (Wildman–Crippen MR) is 76.4 cm³/mol. The lowest BCUT2D eigenvalue weighted by Gasteiger charge is -2.07. The minimum atomic E-state index is -0.280. The maximum atomic E-state index is 12.7. The van der Waals surface area contributed by atoms with Crippen molar-refractivity contribution in [3.05, 3.63) is 69.4 Å². The lowest BCUT2D eigenvalue weighted by Crippen LogP contribution is -2.22. The summed E-state index contributed by atoms with van der Waals surface area (Å²) in [5, 5.41) is 2.81. The van der Waals surface area contributed by atoms with Crippen molar-refractivity contribution in [1.82, 2.24) is 5.32 Å². The van der Waals surface area contributed by atoms with Crippen LogP contribution in [0, 0.1) is 12.7 Å². The first-order valence-corrected chi connectivity index (χ1v) is 6.64. The highest BCUT2D eigenvalue weighted by molar-refractivity contribution is 9.10. The second-order valence-corrected chi connectivity index (χ2v) is 5.24. The highest BCUT2D eigenvalue weighted by Gasteiger charge is 2.06. The Balaban J connectivity index is 2.03. The van der Waals surface area contributed by atoms with E-state index in [0.717, 1.165) is 15.6 Å². The number of hydrogen-bond acceptors (Lipinski definition) is 1. The number of amides is 1. The van der Waals surface area contributed by atoms with E-state index >= 15 is 0 Å². The number of nitrogens with one attached hydrogen (secondary N) is 1. The van der Waals surface area contributed by atoms with Gasteiger partial charge in [0, 0.05) is 16.6 Å². The van der Waals surface area contributed by atoms with Crippen molar-refractivity contribution in [2.24, 2.45) is 0 Å². The largest absolute Gasteiger partial charge is 0.348 e. The van der Waals surface area contributed by atoms with E-state index in [-0.39, 0.29) is 11.7 Å². The summed E-state index contributed by atoms with van der Waals surface area (Å²) in [4.78, 5) is 12.0. The molecule has 2 rings (SSSR count). The van der Waals surface area contributed by atoms with Gasteiger partial charge in [-0.25, -0.2) is 4.39 Å². The summed E-state index contributed by atoms with van der Waals surface area (Å²) in [5.74, 6) is -0.425. The van der Waals surface area contributed by atoms with Crippen molar-refractivity contribution in [2.45, 2.75) is 13.5 Å². The fraction of sp³-hybridized carbons (Fsp3) is 0.133. The van der Waals surface area contributed by atoms with E-state index in [2.05, 4.69) is 21.2 Å². The van der Waals surface area contributed by atoms with E-state index < -0.39 is 0 Å². The number of carbonyl (C=O) groups excluding carboxylic acids is 1. The van der Waals surface area contributed by atoms with Gasteiger partial charge in [-0.3, -0.25) is 4.79 Å². The van der Waals surface area contributed by atoms with Gasteiger partial charge in [0.2, 0.25) is 0 Å². The van der Waals surface area contributed by atoms with Gasteiger partial charge < -0.3 is 5.32 Å². The van der Waals surface area contributed by atoms with Gasteiger partial charge in [-0.15, -0.1) is 0 Å². The van der Waals surface area contributed by atoms with Crippen LogP contribution in [-0.2, 0) is 6.54 Å². The lowest BCUT2D eigenvalue weighted by molar-refractivity contribution is 0.0951. The average Bonchev–Trinajstić information content (AvgIpc) is 2.36. The van der Waals surface area contributed by atoms with Gasteiger partial charge in [0.05, 0.1) is 0 Å². The van der Waals surface area contributed by atoms with E-state index in [9.17, 15) is 9.18 Å². The van der Waals surface area contributed by atoms with Crippen molar-refractivity contribution in [1.29, 1.82) is 0 Å². The van der Waals surface area contributed by atoms with Crippen LogP contribution in [0.1, 0.15) is 21.5 Å². The third-order valence-corrected chi connectivity index (χ3v) is 3.13. The summed E-state index contributed by atoms with van der Waals surface area (Å²) < 4.78 is 13.6. The van der Waals surface area contributed by atoms with Crippen LogP contribution in [-0.4, -0.2) is 5.91 Å². The van der Waals surface area contributed by atoms with Gasteiger partial charge in [0.25, 0.3) is 5.91 Å². The Bertz CT molecular complexity index is 575. The van der Waals surface area contributed by atoms with Crippen LogP contribution in [0.25, 0.3) is 0 Å². The van der Waals surface area contributed by atoms with Gasteiger partial charge >= 0.3 is 0 Å². The monoisotopic (exact) mass is 321 g/mol. The van der Waals surface area contributed by atoms with Crippen molar-refractivity contribution in [3.8, 4) is 0 Å². The molecule has 0 bridgehead atoms. The van der Waals surface area contributed by atoms with Crippen molar-refractivity contribution < 1.29 is 9.18 Å². The minimum absolute atomic E-state index is 0.145. The highest BCUT2D eigenvalue weighted by Crippen LogP contribution is 2.15. The van der Waals surface area contributed by atoms with Gasteiger partial charge in [-0.1, -0.05) is 28.1 Å². The van der Waals surface area contributed by atoms with Crippen molar-refractivity contribution in [3.63, 3.8) is 0 Å². The first kappa shape index (κ1) is 13.7. The molecule has 0 aliphatic heterocycles. The molecule has 0 saturated carbocycles. The van der Waals surface area contributed by atoms with Crippen LogP contribution < -0.4 is 5.32 Å². The number of aryl methyl sites for hydroxylation is 1. The van der Waals surface area contributed by atoms with Crippen LogP contribution in [0.2, 0.25) is 0 Å². The third kappa shape index (κ3) is 3.89. The molecule has 1 amide bonds. The zero-order chi connectivity index (χ0) is 13.8. The molecule has 0 heterocycles. The van der Waals surface area contributed by atoms with E-state index in [1.54, 1.807) is 18.2 Å². The Hall–Kier alpha value is -1.68. The van der Waals surface area contributed by atoms with E-state index in [1.807, 2.05) is 19.1 Å². The second-order valence-electron chi connectivity index (χ2n) is 4.33. The summed E-state index contributed by atoms with van der Waals surface area (Å²) in [5.41, 5.74) is 2.48. The molecule has 0 aliphatic carbocycles. The number of benzene rings is 2. The zero-order valence-corrected chi connectivity index (χ0v) is 12.0. The smallest absolute Gasteiger partial charge is 0.251 e. The summed E-state index contributed by atoms with van der Waals surface area (Å²) >= 11 is 3.36. The van der Waals surface area contributed by atoms with Crippen LogP contribution in [0.3, 0.4) is 0 Å². The molecule has 0 aromatic heterocycles. The van der Waals surface area contributed by atoms with Gasteiger partial charge in [0.15, 0.2) is 0 Å². The van der Waals surface area contributed by atoms with Crippen LogP contribution in [0.4, 0.5) is 4.39 Å². The van der Waals surface area contributed by atoms with Crippen molar-refractivity contribution in [2.75, 3.05) is 0 Å². The molecule has 0 radical (unpaired) electrons. The number of carbonyl (C=O) groups is 1. The molecule has 4 heteroatoms. The molecule has 2 aromatic rings. The number of hydrogen-bond donors (Lipinski definition) is 1. The molecule has 0 aliphatic rings. The molecule has 0 atom stereocenters. The van der Waals surface area contributed by atoms with E-state index in [4.69, 9.17) is 0 Å². The fourth-order valence-corrected chi connectivity index (χ4v) is 2.36. The van der Waals surface area contributed by atoms with Gasteiger partial charge in [-0.2, -0.15) is 0 Å². The molecule has 0 spiro atoms. The predicted octanol–water partition coefficient (Wildman–Crippen LogP) is 3.83. The first-order valence-electron chi connectivity index (χ1n) is 5.84. The Kier molecular flexibility index (Phi) is 4.32. The topological polar surface area (TPSA) is 29.1 Å². The highest BCUT2D eigenvalue weighted by atomic mass is 79.9. The standard InChI is InChI=1S/C15H13BrFNO/c1-10-6-12(8-13(16)7-10)15(19)18-9-11-2-4-14(17)5-3-11/h2-8H,9H2,1H3,(H,18,19). The van der Waals surface area contributed by atoms with Gasteiger partial charge in [0.1, 0.15) is 5.82 Å². The van der Waals surface area contributed by atoms with Crippen LogP contribution in [0.15, 0.2) is 46.9 Å². The molecule has 2 aromatic carbocycles. The molecule has 2 nitrogen and oxygen atoms in total. The maximum absolute atomic E-state index is 12.7. The summed E-state index contributed by atoms with van der Waals surface area (Å²) in [7, 11) is 0. The maximum Gasteiger partial charge on any atom is 0.251 e. The fourth-order valence-electron chi connectivity index (χ4n) is 1.75. The number of halogens is 2. The molecular formula is C15H13BrFNO.